The third kappa shape index (κ3) is 2.80. The van der Waals surface area contributed by atoms with Crippen LogP contribution >= 0.6 is 0 Å². The molecule has 5 nitrogen and oxygen atoms in total. The van der Waals surface area contributed by atoms with E-state index >= 15 is 0 Å². The van der Waals surface area contributed by atoms with E-state index < -0.39 is 10.0 Å². The van der Waals surface area contributed by atoms with Gasteiger partial charge in [-0.3, -0.25) is 0 Å². The van der Waals surface area contributed by atoms with E-state index in [1.54, 1.807) is 24.3 Å². The molecule has 1 aliphatic rings. The van der Waals surface area contributed by atoms with E-state index in [1.165, 1.54) is 4.31 Å². The van der Waals surface area contributed by atoms with E-state index in [0.717, 1.165) is 5.69 Å². The summed E-state index contributed by atoms with van der Waals surface area (Å²) < 4.78 is 26.9. The van der Waals surface area contributed by atoms with Crippen LogP contribution in [-0.4, -0.2) is 38.9 Å². The Balaban J connectivity index is 1.75. The van der Waals surface area contributed by atoms with Crippen molar-refractivity contribution in [1.82, 2.24) is 4.31 Å². The van der Waals surface area contributed by atoms with Gasteiger partial charge in [0.15, 0.2) is 0 Å². The highest BCUT2D eigenvalue weighted by Crippen LogP contribution is 2.24. The second-order valence-corrected chi connectivity index (χ2v) is 7.17. The Bertz CT molecular complexity index is 739. The Labute approximate surface area is 131 Å². The highest BCUT2D eigenvalue weighted by molar-refractivity contribution is 7.89. The van der Waals surface area contributed by atoms with Gasteiger partial charge < -0.3 is 10.6 Å². The standard InChI is InChI=1S/C16H19N3O2S/c17-15-8-4-5-9-16(15)22(20,21)19-12-10-18(11-13-19)14-6-2-1-3-7-14/h1-9H,10-13,17H2. The van der Waals surface area contributed by atoms with E-state index in [0.29, 0.717) is 31.9 Å². The predicted octanol–water partition coefficient (Wildman–Crippen LogP) is 1.78. The van der Waals surface area contributed by atoms with Crippen LogP contribution < -0.4 is 10.6 Å². The van der Waals surface area contributed by atoms with Gasteiger partial charge in [0.05, 0.1) is 5.69 Å². The quantitative estimate of drug-likeness (QED) is 0.876. The zero-order chi connectivity index (χ0) is 15.6. The van der Waals surface area contributed by atoms with Gasteiger partial charge in [-0.05, 0) is 24.3 Å². The average Bonchev–Trinajstić information content (AvgIpc) is 2.56. The molecule has 2 N–H and O–H groups in total. The summed E-state index contributed by atoms with van der Waals surface area (Å²) in [5.74, 6) is 0. The Hall–Kier alpha value is -2.05. The first kappa shape index (κ1) is 14.9. The molecule has 0 aliphatic carbocycles. The van der Waals surface area contributed by atoms with Gasteiger partial charge in [0.1, 0.15) is 4.90 Å². The molecular formula is C16H19N3O2S. The maximum absolute atomic E-state index is 12.7. The second kappa shape index (κ2) is 5.98. The van der Waals surface area contributed by atoms with Crippen LogP contribution in [0.5, 0.6) is 0 Å². The zero-order valence-corrected chi connectivity index (χ0v) is 13.0. The van der Waals surface area contributed by atoms with E-state index in [9.17, 15) is 8.42 Å². The van der Waals surface area contributed by atoms with Crippen molar-refractivity contribution in [1.29, 1.82) is 0 Å². The van der Waals surface area contributed by atoms with Gasteiger partial charge in [0.2, 0.25) is 10.0 Å². The van der Waals surface area contributed by atoms with Crippen LogP contribution in [0.1, 0.15) is 0 Å². The third-order valence-corrected chi connectivity index (χ3v) is 5.87. The summed E-state index contributed by atoms with van der Waals surface area (Å²) in [7, 11) is -3.52. The molecule has 1 saturated heterocycles. The number of nitrogens with two attached hydrogens (primary N) is 1. The molecule has 0 spiro atoms. The van der Waals surface area contributed by atoms with Gasteiger partial charge in [-0.25, -0.2) is 8.42 Å². The zero-order valence-electron chi connectivity index (χ0n) is 12.2. The topological polar surface area (TPSA) is 66.6 Å². The molecule has 1 fully saturated rings. The molecule has 0 amide bonds. The van der Waals surface area contributed by atoms with Crippen molar-refractivity contribution in [2.24, 2.45) is 0 Å². The van der Waals surface area contributed by atoms with Crippen molar-refractivity contribution in [3.8, 4) is 0 Å². The molecule has 0 unspecified atom stereocenters. The molecule has 2 aromatic rings. The van der Waals surface area contributed by atoms with Crippen molar-refractivity contribution in [2.45, 2.75) is 4.90 Å². The molecular weight excluding hydrogens is 298 g/mol. The van der Waals surface area contributed by atoms with Crippen LogP contribution in [0.15, 0.2) is 59.5 Å². The average molecular weight is 317 g/mol. The maximum Gasteiger partial charge on any atom is 0.245 e. The Morgan fingerprint density at radius 3 is 2.05 bits per heavy atom. The van der Waals surface area contributed by atoms with E-state index in [-0.39, 0.29) is 4.90 Å². The summed E-state index contributed by atoms with van der Waals surface area (Å²) in [5, 5.41) is 0. The fraction of sp³-hybridized carbons (Fsp3) is 0.250. The van der Waals surface area contributed by atoms with Gasteiger partial charge in [-0.2, -0.15) is 4.31 Å². The van der Waals surface area contributed by atoms with Crippen molar-refractivity contribution in [3.63, 3.8) is 0 Å². The summed E-state index contributed by atoms with van der Waals surface area (Å²) in [5.41, 5.74) is 7.24. The van der Waals surface area contributed by atoms with Crippen LogP contribution in [0.3, 0.4) is 0 Å². The van der Waals surface area contributed by atoms with Gasteiger partial charge in [-0.15, -0.1) is 0 Å². The number of piperazine rings is 1. The molecule has 3 rings (SSSR count). The van der Waals surface area contributed by atoms with Gasteiger partial charge in [0, 0.05) is 31.9 Å². The molecule has 0 atom stereocenters. The fourth-order valence-corrected chi connectivity index (χ4v) is 4.22. The molecule has 0 radical (unpaired) electrons. The number of benzene rings is 2. The fourth-order valence-electron chi connectivity index (χ4n) is 2.68. The largest absolute Gasteiger partial charge is 0.398 e. The SMILES string of the molecule is Nc1ccccc1S(=O)(=O)N1CCN(c2ccccc2)CC1. The molecule has 0 bridgehead atoms. The van der Waals surface area contributed by atoms with Crippen LogP contribution in [0.2, 0.25) is 0 Å². The number of sulfonamides is 1. The molecule has 0 saturated carbocycles. The normalized spacial score (nSPS) is 16.6. The molecule has 1 heterocycles. The molecule has 1 aliphatic heterocycles. The summed E-state index contributed by atoms with van der Waals surface area (Å²) in [6, 6.07) is 16.7. The maximum atomic E-state index is 12.7. The Kier molecular flexibility index (Phi) is 4.04. The highest BCUT2D eigenvalue weighted by Gasteiger charge is 2.29. The molecule has 0 aromatic heterocycles. The second-order valence-electron chi connectivity index (χ2n) is 5.26. The third-order valence-electron chi connectivity index (χ3n) is 3.90. The number of rotatable bonds is 3. The Morgan fingerprint density at radius 2 is 1.41 bits per heavy atom. The monoisotopic (exact) mass is 317 g/mol. The van der Waals surface area contributed by atoms with Crippen molar-refractivity contribution >= 4 is 21.4 Å². The first-order valence-electron chi connectivity index (χ1n) is 7.24. The number of nitrogens with zero attached hydrogens (tertiary/aromatic N) is 2. The highest BCUT2D eigenvalue weighted by atomic mass is 32.2. The lowest BCUT2D eigenvalue weighted by molar-refractivity contribution is 0.385. The first-order chi connectivity index (χ1) is 10.6. The first-order valence-corrected chi connectivity index (χ1v) is 8.68. The van der Waals surface area contributed by atoms with E-state index in [4.69, 9.17) is 5.73 Å². The number of hydrogen-bond donors (Lipinski definition) is 1. The minimum atomic E-state index is -3.52. The number of para-hydroxylation sites is 2. The molecule has 22 heavy (non-hydrogen) atoms. The van der Waals surface area contributed by atoms with Crippen LogP contribution in [0, 0.1) is 0 Å². The summed E-state index contributed by atoms with van der Waals surface area (Å²) in [6.45, 7) is 2.28. The minimum absolute atomic E-state index is 0.197. The summed E-state index contributed by atoms with van der Waals surface area (Å²) >= 11 is 0. The van der Waals surface area contributed by atoms with Crippen LogP contribution in [0.4, 0.5) is 11.4 Å². The summed E-state index contributed by atoms with van der Waals surface area (Å²) in [4.78, 5) is 2.39. The van der Waals surface area contributed by atoms with Gasteiger partial charge >= 0.3 is 0 Å². The van der Waals surface area contributed by atoms with E-state index in [2.05, 4.69) is 4.90 Å². The van der Waals surface area contributed by atoms with Crippen LogP contribution in [-0.2, 0) is 10.0 Å². The number of anilines is 2. The minimum Gasteiger partial charge on any atom is -0.398 e. The number of hydrogen-bond acceptors (Lipinski definition) is 4. The lowest BCUT2D eigenvalue weighted by Gasteiger charge is -2.35. The molecule has 2 aromatic carbocycles. The number of nitrogen functional groups attached to an aromatic ring is 1. The molecule has 116 valence electrons. The predicted molar refractivity (Wildman–Crippen MR) is 88.3 cm³/mol. The van der Waals surface area contributed by atoms with E-state index in [1.807, 2.05) is 30.3 Å². The van der Waals surface area contributed by atoms with Crippen molar-refractivity contribution in [3.05, 3.63) is 54.6 Å². The van der Waals surface area contributed by atoms with Crippen molar-refractivity contribution < 1.29 is 8.42 Å². The lowest BCUT2D eigenvalue weighted by atomic mass is 10.2. The lowest BCUT2D eigenvalue weighted by Crippen LogP contribution is -2.48. The van der Waals surface area contributed by atoms with Crippen LogP contribution in [0.25, 0.3) is 0 Å². The van der Waals surface area contributed by atoms with Gasteiger partial charge in [0.25, 0.3) is 0 Å². The Morgan fingerprint density at radius 1 is 0.818 bits per heavy atom. The van der Waals surface area contributed by atoms with Gasteiger partial charge in [-0.1, -0.05) is 30.3 Å². The molecule has 6 heteroatoms. The summed E-state index contributed by atoms with van der Waals surface area (Å²) in [6.07, 6.45) is 0. The van der Waals surface area contributed by atoms with Crippen molar-refractivity contribution in [2.75, 3.05) is 36.8 Å². The smallest absolute Gasteiger partial charge is 0.245 e.